The topological polar surface area (TPSA) is 47.8 Å². The van der Waals surface area contributed by atoms with Gasteiger partial charge in [0.05, 0.1) is 6.33 Å². The Morgan fingerprint density at radius 2 is 1.66 bits per heavy atom. The number of aromatic amines is 1. The van der Waals surface area contributed by atoms with Gasteiger partial charge in [-0.15, -0.1) is 0 Å². The van der Waals surface area contributed by atoms with Crippen molar-refractivity contribution in [3.63, 3.8) is 0 Å². The summed E-state index contributed by atoms with van der Waals surface area (Å²) in [6, 6.07) is 13.1. The van der Waals surface area contributed by atoms with E-state index in [2.05, 4.69) is 113 Å². The zero-order chi connectivity index (χ0) is 22.8. The first-order valence-electron chi connectivity index (χ1n) is 11.3. The number of imidazole rings is 1. The molecule has 5 heteroatoms. The van der Waals surface area contributed by atoms with Crippen LogP contribution >= 0.6 is 0 Å². The molecule has 0 radical (unpaired) electrons. The first-order valence-corrected chi connectivity index (χ1v) is 11.3. The number of benzene rings is 1. The predicted molar refractivity (Wildman–Crippen MR) is 135 cm³/mol. The van der Waals surface area contributed by atoms with Crippen LogP contribution in [-0.4, -0.2) is 37.2 Å². The summed E-state index contributed by atoms with van der Waals surface area (Å²) in [5.41, 5.74) is 7.43. The van der Waals surface area contributed by atoms with Gasteiger partial charge in [0.25, 0.3) is 0 Å². The van der Waals surface area contributed by atoms with E-state index in [1.54, 1.807) is 6.33 Å². The van der Waals surface area contributed by atoms with Gasteiger partial charge in [-0.25, -0.2) is 9.55 Å². The number of anilines is 1. The maximum Gasteiger partial charge on any atom is 0.179 e. The fourth-order valence-electron chi connectivity index (χ4n) is 3.76. The number of H-pyrrole nitrogens is 1. The molecule has 2 N–H and O–H groups in total. The number of nitrogens with one attached hydrogen (secondary N) is 2. The lowest BCUT2D eigenvalue weighted by molar-refractivity contribution is -0.708. The minimum Gasteiger partial charge on any atom is -0.378 e. The molecular formula is C27H36N5+. The van der Waals surface area contributed by atoms with Crippen molar-refractivity contribution >= 4 is 17.8 Å². The van der Waals surface area contributed by atoms with Crippen LogP contribution in [0.25, 0.3) is 12.2 Å². The molecule has 2 heterocycles. The summed E-state index contributed by atoms with van der Waals surface area (Å²) in [5.74, 6) is 0. The van der Waals surface area contributed by atoms with Crippen LogP contribution in [0.15, 0.2) is 61.1 Å². The quantitative estimate of drug-likeness (QED) is 0.270. The van der Waals surface area contributed by atoms with Crippen molar-refractivity contribution in [2.45, 2.75) is 33.2 Å². The van der Waals surface area contributed by atoms with Crippen molar-refractivity contribution in [2.24, 2.45) is 0 Å². The smallest absolute Gasteiger partial charge is 0.179 e. The first kappa shape index (κ1) is 23.5. The van der Waals surface area contributed by atoms with Crippen molar-refractivity contribution in [1.29, 1.82) is 0 Å². The minimum atomic E-state index is 0.974. The predicted octanol–water partition coefficient (Wildman–Crippen LogP) is 4.33. The van der Waals surface area contributed by atoms with Crippen molar-refractivity contribution in [3.05, 3.63) is 89.3 Å². The molecule has 0 atom stereocenters. The average Bonchev–Trinajstić information content (AvgIpc) is 3.29. The molecule has 0 saturated heterocycles. The highest BCUT2D eigenvalue weighted by molar-refractivity contribution is 5.59. The SMILES string of the molecule is Cc1cc(/C=C/C=C/c2ccc(N(C)C)cc2)cc(C)[n+]1CCCNCCc1cnc[nH]1. The van der Waals surface area contributed by atoms with E-state index in [0.29, 0.717) is 0 Å². The molecule has 3 aromatic rings. The van der Waals surface area contributed by atoms with Crippen LogP contribution < -0.4 is 14.8 Å². The van der Waals surface area contributed by atoms with Crippen LogP contribution in [0.5, 0.6) is 0 Å². The standard InChI is InChI=1S/C27H36N5/c1-22-18-25(9-6-5-8-24-10-12-27(13-11-24)31(3)4)19-23(2)32(22)17-7-15-28-16-14-26-20-29-21-30-26/h5-6,8-13,18-21,28H,7,14-17H2,1-4H3,(H,29,30)/q+1. The van der Waals surface area contributed by atoms with Crippen LogP contribution in [0.1, 0.15) is 34.6 Å². The van der Waals surface area contributed by atoms with Crippen molar-refractivity contribution in [3.8, 4) is 0 Å². The molecule has 0 unspecified atom stereocenters. The van der Waals surface area contributed by atoms with Gasteiger partial charge in [-0.2, -0.15) is 0 Å². The van der Waals surface area contributed by atoms with Crippen LogP contribution in [0.3, 0.4) is 0 Å². The van der Waals surface area contributed by atoms with Gasteiger partial charge in [-0.3, -0.25) is 0 Å². The van der Waals surface area contributed by atoms with Gasteiger partial charge in [-0.1, -0.05) is 36.4 Å². The fourth-order valence-corrected chi connectivity index (χ4v) is 3.76. The number of allylic oxidation sites excluding steroid dienone is 2. The molecule has 0 fully saturated rings. The average molecular weight is 431 g/mol. The molecule has 2 aromatic heterocycles. The normalized spacial score (nSPS) is 11.6. The highest BCUT2D eigenvalue weighted by Gasteiger charge is 2.11. The third-order valence-electron chi connectivity index (χ3n) is 5.56. The molecule has 1 aromatic carbocycles. The largest absolute Gasteiger partial charge is 0.378 e. The number of hydrogen-bond acceptors (Lipinski definition) is 3. The lowest BCUT2D eigenvalue weighted by atomic mass is 10.1. The lowest BCUT2D eigenvalue weighted by Crippen LogP contribution is -2.41. The molecule has 0 aliphatic heterocycles. The zero-order valence-electron chi connectivity index (χ0n) is 19.8. The van der Waals surface area contributed by atoms with Gasteiger partial charge >= 0.3 is 0 Å². The summed E-state index contributed by atoms with van der Waals surface area (Å²) in [5, 5.41) is 3.52. The Balaban J connectivity index is 1.46. The van der Waals surface area contributed by atoms with E-state index in [9.17, 15) is 0 Å². The Bertz CT molecular complexity index is 992. The van der Waals surface area contributed by atoms with E-state index < -0.39 is 0 Å². The second kappa shape index (κ2) is 12.0. The summed E-state index contributed by atoms with van der Waals surface area (Å²) in [6.07, 6.45) is 14.2. The monoisotopic (exact) mass is 430 g/mol. The van der Waals surface area contributed by atoms with Gasteiger partial charge in [0.1, 0.15) is 6.54 Å². The fraction of sp³-hybridized carbons (Fsp3) is 0.333. The maximum absolute atomic E-state index is 4.05. The molecule has 3 rings (SSSR count). The van der Waals surface area contributed by atoms with Gasteiger partial charge < -0.3 is 15.2 Å². The van der Waals surface area contributed by atoms with Crippen molar-refractivity contribution < 1.29 is 4.57 Å². The molecule has 5 nitrogen and oxygen atoms in total. The van der Waals surface area contributed by atoms with E-state index in [0.717, 1.165) is 32.5 Å². The van der Waals surface area contributed by atoms with E-state index in [1.165, 1.54) is 33.9 Å². The maximum atomic E-state index is 4.05. The first-order chi connectivity index (χ1) is 15.5. The Labute approximate surface area is 192 Å². The summed E-state index contributed by atoms with van der Waals surface area (Å²) >= 11 is 0. The number of nitrogens with zero attached hydrogens (tertiary/aromatic N) is 3. The molecule has 0 aliphatic rings. The third-order valence-corrected chi connectivity index (χ3v) is 5.56. The number of hydrogen-bond donors (Lipinski definition) is 2. The van der Waals surface area contributed by atoms with Gasteiger partial charge in [0, 0.05) is 83.6 Å². The Morgan fingerprint density at radius 1 is 0.969 bits per heavy atom. The molecule has 0 amide bonds. The molecule has 0 aliphatic carbocycles. The summed E-state index contributed by atoms with van der Waals surface area (Å²) in [6.45, 7) is 7.40. The van der Waals surface area contributed by atoms with Crippen LogP contribution in [0, 0.1) is 13.8 Å². The highest BCUT2D eigenvalue weighted by Crippen LogP contribution is 2.13. The van der Waals surface area contributed by atoms with Gasteiger partial charge in [0.2, 0.25) is 0 Å². The van der Waals surface area contributed by atoms with E-state index >= 15 is 0 Å². The zero-order valence-corrected chi connectivity index (χ0v) is 19.8. The lowest BCUT2D eigenvalue weighted by Gasteiger charge is -2.11. The van der Waals surface area contributed by atoms with Crippen LogP contribution in [0.4, 0.5) is 5.69 Å². The molecule has 0 spiro atoms. The Kier molecular flexibility index (Phi) is 8.81. The molecule has 32 heavy (non-hydrogen) atoms. The summed E-state index contributed by atoms with van der Waals surface area (Å²) in [7, 11) is 4.12. The van der Waals surface area contributed by atoms with Gasteiger partial charge in [-0.05, 0) is 23.3 Å². The van der Waals surface area contributed by atoms with E-state index in [4.69, 9.17) is 0 Å². The van der Waals surface area contributed by atoms with Crippen molar-refractivity contribution in [2.75, 3.05) is 32.1 Å². The van der Waals surface area contributed by atoms with Gasteiger partial charge in [0.15, 0.2) is 11.4 Å². The van der Waals surface area contributed by atoms with Crippen molar-refractivity contribution in [1.82, 2.24) is 15.3 Å². The molecule has 0 bridgehead atoms. The van der Waals surface area contributed by atoms with E-state index in [1.807, 2.05) is 6.20 Å². The highest BCUT2D eigenvalue weighted by atomic mass is 15.1. The Hall–Kier alpha value is -3.18. The second-order valence-electron chi connectivity index (χ2n) is 8.36. The summed E-state index contributed by atoms with van der Waals surface area (Å²) < 4.78 is 2.40. The second-order valence-corrected chi connectivity index (χ2v) is 8.36. The minimum absolute atomic E-state index is 0.974. The molecule has 0 saturated carbocycles. The number of aryl methyl sites for hydroxylation is 2. The number of pyridine rings is 1. The van der Waals surface area contributed by atoms with Crippen LogP contribution in [0.2, 0.25) is 0 Å². The molecular weight excluding hydrogens is 394 g/mol. The van der Waals surface area contributed by atoms with E-state index in [-0.39, 0.29) is 0 Å². The third kappa shape index (κ3) is 7.20. The number of rotatable bonds is 11. The molecule has 168 valence electrons. The Morgan fingerprint density at radius 3 is 2.28 bits per heavy atom. The summed E-state index contributed by atoms with van der Waals surface area (Å²) in [4.78, 5) is 9.30. The number of aromatic nitrogens is 3. The van der Waals surface area contributed by atoms with Crippen LogP contribution in [-0.2, 0) is 13.0 Å².